The number of carboxylic acid groups (broad SMARTS) is 1. The quantitative estimate of drug-likeness (QED) is 0.144. The van der Waals surface area contributed by atoms with Crippen LogP contribution in [0.25, 0.3) is 0 Å². The van der Waals surface area contributed by atoms with Crippen LogP contribution in [-0.4, -0.2) is 29.6 Å². The number of rotatable bonds is 22. The van der Waals surface area contributed by atoms with Gasteiger partial charge in [0.25, 0.3) is 0 Å². The van der Waals surface area contributed by atoms with Gasteiger partial charge in [0, 0.05) is 13.0 Å². The van der Waals surface area contributed by atoms with Crippen LogP contribution in [0.3, 0.4) is 0 Å². The second-order valence-electron chi connectivity index (χ2n) is 8.48. The number of allylic oxidation sites excluding steroid dienone is 2. The van der Waals surface area contributed by atoms with Gasteiger partial charge in [-0.25, -0.2) is 0 Å². The third kappa shape index (κ3) is 21.4. The van der Waals surface area contributed by atoms with Gasteiger partial charge in [0.2, 0.25) is 5.91 Å². The van der Waals surface area contributed by atoms with Crippen molar-refractivity contribution in [3.63, 3.8) is 0 Å². The molecule has 0 radical (unpaired) electrons. The van der Waals surface area contributed by atoms with Gasteiger partial charge < -0.3 is 16.2 Å². The lowest BCUT2D eigenvalue weighted by Crippen LogP contribution is -2.30. The van der Waals surface area contributed by atoms with E-state index in [1.807, 2.05) is 0 Å². The average Bonchev–Trinajstić information content (AvgIpc) is 2.72. The Morgan fingerprint density at radius 2 is 1.33 bits per heavy atom. The van der Waals surface area contributed by atoms with Crippen molar-refractivity contribution in [3.05, 3.63) is 12.2 Å². The molecule has 0 fully saturated rings. The SMILES string of the molecule is CCCCCCCCCCC/C=C/CCCCCC(=O)NCCCC[C@H](N)C(=O)O. The number of aliphatic carboxylic acids is 1. The monoisotopic (exact) mass is 424 g/mol. The molecular formula is C25H48N2O3. The molecule has 0 saturated carbocycles. The van der Waals surface area contributed by atoms with Gasteiger partial charge in [0.1, 0.15) is 6.04 Å². The normalized spacial score (nSPS) is 12.3. The summed E-state index contributed by atoms with van der Waals surface area (Å²) in [5.41, 5.74) is 5.44. The first-order chi connectivity index (χ1) is 14.6. The van der Waals surface area contributed by atoms with E-state index in [2.05, 4.69) is 24.4 Å². The fraction of sp³-hybridized carbons (Fsp3) is 0.840. The summed E-state index contributed by atoms with van der Waals surface area (Å²) in [6.45, 7) is 2.87. The summed E-state index contributed by atoms with van der Waals surface area (Å²) < 4.78 is 0. The van der Waals surface area contributed by atoms with E-state index in [9.17, 15) is 9.59 Å². The molecule has 176 valence electrons. The van der Waals surface area contributed by atoms with E-state index in [4.69, 9.17) is 10.8 Å². The molecule has 0 aromatic carbocycles. The van der Waals surface area contributed by atoms with Gasteiger partial charge in [0.15, 0.2) is 0 Å². The molecule has 0 rings (SSSR count). The van der Waals surface area contributed by atoms with Gasteiger partial charge in [-0.15, -0.1) is 0 Å². The van der Waals surface area contributed by atoms with Crippen molar-refractivity contribution in [1.29, 1.82) is 0 Å². The van der Waals surface area contributed by atoms with Crippen molar-refractivity contribution in [2.24, 2.45) is 5.73 Å². The zero-order valence-electron chi connectivity index (χ0n) is 19.5. The molecule has 0 heterocycles. The molecule has 0 unspecified atom stereocenters. The molecule has 0 aliphatic carbocycles. The van der Waals surface area contributed by atoms with E-state index >= 15 is 0 Å². The Bertz CT molecular complexity index is 438. The summed E-state index contributed by atoms with van der Waals surface area (Å²) in [7, 11) is 0. The lowest BCUT2D eigenvalue weighted by Gasteiger charge is -2.07. The van der Waals surface area contributed by atoms with Crippen LogP contribution >= 0.6 is 0 Å². The van der Waals surface area contributed by atoms with Crippen molar-refractivity contribution in [2.75, 3.05) is 6.54 Å². The van der Waals surface area contributed by atoms with Crippen LogP contribution in [0.2, 0.25) is 0 Å². The number of carbonyl (C=O) groups is 2. The van der Waals surface area contributed by atoms with Crippen LogP contribution in [0, 0.1) is 0 Å². The first-order valence-electron chi connectivity index (χ1n) is 12.5. The maximum atomic E-state index is 11.8. The zero-order valence-corrected chi connectivity index (χ0v) is 19.5. The zero-order chi connectivity index (χ0) is 22.3. The van der Waals surface area contributed by atoms with Crippen molar-refractivity contribution in [3.8, 4) is 0 Å². The maximum Gasteiger partial charge on any atom is 0.320 e. The average molecular weight is 425 g/mol. The number of nitrogens with one attached hydrogen (secondary N) is 1. The van der Waals surface area contributed by atoms with Gasteiger partial charge in [-0.1, -0.05) is 76.9 Å². The van der Waals surface area contributed by atoms with Crippen LogP contribution < -0.4 is 11.1 Å². The number of carboxylic acids is 1. The standard InChI is InChI=1S/C25H48N2O3/c1-2-3-4-5-6-7-8-9-10-11-12-13-14-15-16-17-21-24(28)27-22-19-18-20-23(26)25(29)30/h12-13,23H,2-11,14-22,26H2,1H3,(H,27,28)(H,29,30)/b13-12+/t23-/m0/s1. The fourth-order valence-corrected chi connectivity index (χ4v) is 3.46. The lowest BCUT2D eigenvalue weighted by molar-refractivity contribution is -0.138. The molecular weight excluding hydrogens is 376 g/mol. The Morgan fingerprint density at radius 3 is 1.90 bits per heavy atom. The maximum absolute atomic E-state index is 11.8. The van der Waals surface area contributed by atoms with Crippen LogP contribution in [0.1, 0.15) is 122 Å². The summed E-state index contributed by atoms with van der Waals surface area (Å²) >= 11 is 0. The predicted octanol–water partition coefficient (Wildman–Crippen LogP) is 6.11. The van der Waals surface area contributed by atoms with Crippen molar-refractivity contribution >= 4 is 11.9 Å². The van der Waals surface area contributed by atoms with Crippen molar-refractivity contribution < 1.29 is 14.7 Å². The molecule has 30 heavy (non-hydrogen) atoms. The lowest BCUT2D eigenvalue weighted by atomic mass is 10.1. The molecule has 5 nitrogen and oxygen atoms in total. The summed E-state index contributed by atoms with van der Waals surface area (Å²) in [5.74, 6) is -0.865. The highest BCUT2D eigenvalue weighted by molar-refractivity contribution is 5.75. The molecule has 1 atom stereocenters. The molecule has 1 amide bonds. The Hall–Kier alpha value is -1.36. The second kappa shape index (κ2) is 22.3. The third-order valence-corrected chi connectivity index (χ3v) is 5.50. The smallest absolute Gasteiger partial charge is 0.320 e. The number of amides is 1. The summed E-state index contributed by atoms with van der Waals surface area (Å²) in [6.07, 6.45) is 25.1. The Kier molecular flexibility index (Phi) is 21.3. The number of hydrogen-bond donors (Lipinski definition) is 3. The number of nitrogens with two attached hydrogens (primary N) is 1. The van der Waals surface area contributed by atoms with Crippen LogP contribution in [0.4, 0.5) is 0 Å². The summed E-state index contributed by atoms with van der Waals surface area (Å²) in [5, 5.41) is 11.6. The first kappa shape index (κ1) is 28.6. The van der Waals surface area contributed by atoms with E-state index in [-0.39, 0.29) is 5.91 Å². The third-order valence-electron chi connectivity index (χ3n) is 5.50. The fourth-order valence-electron chi connectivity index (χ4n) is 3.46. The van der Waals surface area contributed by atoms with Gasteiger partial charge in [-0.2, -0.15) is 0 Å². The molecule has 4 N–H and O–H groups in total. The van der Waals surface area contributed by atoms with Gasteiger partial charge in [-0.05, 0) is 51.4 Å². The number of hydrogen-bond acceptors (Lipinski definition) is 3. The number of unbranched alkanes of at least 4 members (excludes halogenated alkanes) is 13. The Balaban J connectivity index is 3.28. The molecule has 0 bridgehead atoms. The minimum Gasteiger partial charge on any atom is -0.480 e. The molecule has 0 spiro atoms. The molecule has 0 aliphatic heterocycles. The second-order valence-corrected chi connectivity index (χ2v) is 8.48. The highest BCUT2D eigenvalue weighted by Gasteiger charge is 2.10. The molecule has 0 aliphatic rings. The Labute approximate surface area is 185 Å². The summed E-state index contributed by atoms with van der Waals surface area (Å²) in [4.78, 5) is 22.4. The number of carbonyl (C=O) groups excluding carboxylic acids is 1. The van der Waals surface area contributed by atoms with Gasteiger partial charge in [0.05, 0.1) is 0 Å². The van der Waals surface area contributed by atoms with E-state index in [0.717, 1.165) is 38.5 Å². The van der Waals surface area contributed by atoms with Crippen LogP contribution in [0.5, 0.6) is 0 Å². The van der Waals surface area contributed by atoms with Crippen LogP contribution in [-0.2, 0) is 9.59 Å². The largest absolute Gasteiger partial charge is 0.480 e. The predicted molar refractivity (Wildman–Crippen MR) is 127 cm³/mol. The highest BCUT2D eigenvalue weighted by Crippen LogP contribution is 2.11. The minimum absolute atomic E-state index is 0.0958. The molecule has 0 saturated heterocycles. The Morgan fingerprint density at radius 1 is 0.800 bits per heavy atom. The van der Waals surface area contributed by atoms with Crippen molar-refractivity contribution in [2.45, 2.75) is 129 Å². The molecule has 5 heteroatoms. The molecule has 0 aromatic rings. The van der Waals surface area contributed by atoms with Gasteiger partial charge in [-0.3, -0.25) is 9.59 Å². The van der Waals surface area contributed by atoms with E-state index < -0.39 is 12.0 Å². The summed E-state index contributed by atoms with van der Waals surface area (Å²) in [6, 6.07) is -0.792. The van der Waals surface area contributed by atoms with E-state index in [1.54, 1.807) is 0 Å². The van der Waals surface area contributed by atoms with E-state index in [0.29, 0.717) is 19.4 Å². The molecule has 0 aromatic heterocycles. The van der Waals surface area contributed by atoms with E-state index in [1.165, 1.54) is 64.2 Å². The minimum atomic E-state index is -0.961. The first-order valence-corrected chi connectivity index (χ1v) is 12.5. The topological polar surface area (TPSA) is 92.4 Å². The van der Waals surface area contributed by atoms with Crippen LogP contribution in [0.15, 0.2) is 12.2 Å². The highest BCUT2D eigenvalue weighted by atomic mass is 16.4. The van der Waals surface area contributed by atoms with Crippen molar-refractivity contribution in [1.82, 2.24) is 5.32 Å². The van der Waals surface area contributed by atoms with Gasteiger partial charge >= 0.3 is 5.97 Å².